The van der Waals surface area contributed by atoms with Crippen LogP contribution in [0.25, 0.3) is 0 Å². The molecule has 3 rings (SSSR count). The van der Waals surface area contributed by atoms with Crippen molar-refractivity contribution in [3.05, 3.63) is 35.4 Å². The predicted octanol–water partition coefficient (Wildman–Crippen LogP) is 2.28. The van der Waals surface area contributed by atoms with E-state index in [-0.39, 0.29) is 23.4 Å². The Morgan fingerprint density at radius 3 is 2.89 bits per heavy atom. The van der Waals surface area contributed by atoms with Gasteiger partial charge in [-0.15, -0.1) is 0 Å². The molecule has 3 heteroatoms. The molecular formula is C16H22N2O. The minimum atomic E-state index is 0.0101. The molecule has 0 aromatic heterocycles. The molecule has 3 nitrogen and oxygen atoms in total. The summed E-state index contributed by atoms with van der Waals surface area (Å²) in [6.07, 6.45) is 3.05. The van der Waals surface area contributed by atoms with Crippen molar-refractivity contribution in [3.63, 3.8) is 0 Å². The monoisotopic (exact) mass is 258 g/mol. The molecule has 19 heavy (non-hydrogen) atoms. The maximum absolute atomic E-state index is 12.2. The summed E-state index contributed by atoms with van der Waals surface area (Å²) in [6.45, 7) is 5.47. The molecule has 2 atom stereocenters. The van der Waals surface area contributed by atoms with Crippen LogP contribution in [0.3, 0.4) is 0 Å². The van der Waals surface area contributed by atoms with Crippen LogP contribution in [0.15, 0.2) is 24.3 Å². The highest BCUT2D eigenvalue weighted by molar-refractivity contribution is 5.82. The van der Waals surface area contributed by atoms with E-state index in [2.05, 4.69) is 48.7 Å². The predicted molar refractivity (Wildman–Crippen MR) is 76.0 cm³/mol. The Hall–Kier alpha value is -1.35. The number of carbonyl (C=O) groups is 1. The van der Waals surface area contributed by atoms with Gasteiger partial charge in [0.2, 0.25) is 5.91 Å². The van der Waals surface area contributed by atoms with Crippen molar-refractivity contribution in [2.24, 2.45) is 0 Å². The third-order valence-electron chi connectivity index (χ3n) is 4.47. The molecule has 2 aliphatic rings. The molecule has 1 heterocycles. The largest absolute Gasteiger partial charge is 0.348 e. The summed E-state index contributed by atoms with van der Waals surface area (Å²) in [7, 11) is 0. The quantitative estimate of drug-likeness (QED) is 0.854. The zero-order chi connectivity index (χ0) is 13.5. The van der Waals surface area contributed by atoms with Crippen LogP contribution in [-0.2, 0) is 10.2 Å². The van der Waals surface area contributed by atoms with Gasteiger partial charge in [-0.3, -0.25) is 4.79 Å². The molecule has 0 bridgehead atoms. The maximum atomic E-state index is 12.2. The Bertz CT molecular complexity index is 489. The standard InChI is InChI=1S/C16H22N2O/c1-16(2)10-14(11-6-3-4-7-12(11)16)18-15(19)13-8-5-9-17-13/h3-4,6-7,13-14,17H,5,8-10H2,1-2H3,(H,18,19). The number of hydrogen-bond donors (Lipinski definition) is 2. The molecule has 1 fully saturated rings. The summed E-state index contributed by atoms with van der Waals surface area (Å²) in [5, 5.41) is 6.49. The smallest absolute Gasteiger partial charge is 0.237 e. The highest BCUT2D eigenvalue weighted by Gasteiger charge is 2.38. The lowest BCUT2D eigenvalue weighted by molar-refractivity contribution is -0.123. The van der Waals surface area contributed by atoms with Gasteiger partial charge in [0.05, 0.1) is 12.1 Å². The lowest BCUT2D eigenvalue weighted by Crippen LogP contribution is -2.41. The summed E-state index contributed by atoms with van der Waals surface area (Å²) in [4.78, 5) is 12.2. The van der Waals surface area contributed by atoms with Gasteiger partial charge in [0.1, 0.15) is 0 Å². The van der Waals surface area contributed by atoms with Gasteiger partial charge in [0.25, 0.3) is 0 Å². The first-order valence-corrected chi connectivity index (χ1v) is 7.21. The van der Waals surface area contributed by atoms with Crippen molar-refractivity contribution in [3.8, 4) is 0 Å². The first-order valence-electron chi connectivity index (χ1n) is 7.21. The molecule has 1 aromatic rings. The Morgan fingerprint density at radius 2 is 2.16 bits per heavy atom. The zero-order valence-corrected chi connectivity index (χ0v) is 11.7. The minimum Gasteiger partial charge on any atom is -0.348 e. The Kier molecular flexibility index (Phi) is 3.09. The normalized spacial score (nSPS) is 28.1. The molecule has 2 unspecified atom stereocenters. The Balaban J connectivity index is 1.78. The van der Waals surface area contributed by atoms with Crippen LogP contribution < -0.4 is 10.6 Å². The van der Waals surface area contributed by atoms with Crippen molar-refractivity contribution >= 4 is 5.91 Å². The zero-order valence-electron chi connectivity index (χ0n) is 11.7. The highest BCUT2D eigenvalue weighted by atomic mass is 16.2. The van der Waals surface area contributed by atoms with Crippen LogP contribution >= 0.6 is 0 Å². The number of benzene rings is 1. The average Bonchev–Trinajstić information content (AvgIpc) is 2.98. The van der Waals surface area contributed by atoms with Crippen molar-refractivity contribution in [1.29, 1.82) is 0 Å². The number of nitrogens with one attached hydrogen (secondary N) is 2. The van der Waals surface area contributed by atoms with Crippen LogP contribution in [0.1, 0.15) is 50.3 Å². The molecule has 2 N–H and O–H groups in total. The number of amides is 1. The first-order chi connectivity index (χ1) is 9.08. The van der Waals surface area contributed by atoms with Crippen LogP contribution in [-0.4, -0.2) is 18.5 Å². The van der Waals surface area contributed by atoms with Gasteiger partial charge in [0, 0.05) is 0 Å². The van der Waals surface area contributed by atoms with Crippen molar-refractivity contribution < 1.29 is 4.79 Å². The van der Waals surface area contributed by atoms with E-state index in [0.29, 0.717) is 0 Å². The number of carbonyl (C=O) groups excluding carboxylic acids is 1. The summed E-state index contributed by atoms with van der Waals surface area (Å²) in [5.74, 6) is 0.162. The molecule has 102 valence electrons. The van der Waals surface area contributed by atoms with Gasteiger partial charge in [0.15, 0.2) is 0 Å². The average molecular weight is 258 g/mol. The molecule has 1 amide bonds. The fraction of sp³-hybridized carbons (Fsp3) is 0.562. The van der Waals surface area contributed by atoms with E-state index in [9.17, 15) is 4.79 Å². The molecule has 1 aromatic carbocycles. The topological polar surface area (TPSA) is 41.1 Å². The summed E-state index contributed by atoms with van der Waals surface area (Å²) >= 11 is 0. The lowest BCUT2D eigenvalue weighted by Gasteiger charge is -2.20. The van der Waals surface area contributed by atoms with E-state index in [1.807, 2.05) is 0 Å². The van der Waals surface area contributed by atoms with E-state index >= 15 is 0 Å². The summed E-state index contributed by atoms with van der Waals surface area (Å²) in [5.41, 5.74) is 2.82. The van der Waals surface area contributed by atoms with Gasteiger partial charge in [-0.2, -0.15) is 0 Å². The van der Waals surface area contributed by atoms with E-state index in [1.54, 1.807) is 0 Å². The molecule has 0 radical (unpaired) electrons. The minimum absolute atomic E-state index is 0.0101. The molecular weight excluding hydrogens is 236 g/mol. The van der Waals surface area contributed by atoms with Gasteiger partial charge in [-0.1, -0.05) is 38.1 Å². The molecule has 1 aliphatic carbocycles. The van der Waals surface area contributed by atoms with Crippen LogP contribution in [0.2, 0.25) is 0 Å². The second-order valence-electron chi connectivity index (χ2n) is 6.39. The number of hydrogen-bond acceptors (Lipinski definition) is 2. The third-order valence-corrected chi connectivity index (χ3v) is 4.47. The van der Waals surface area contributed by atoms with Crippen molar-refractivity contribution in [1.82, 2.24) is 10.6 Å². The van der Waals surface area contributed by atoms with Gasteiger partial charge >= 0.3 is 0 Å². The first kappa shape index (κ1) is 12.7. The second kappa shape index (κ2) is 4.64. The number of fused-ring (bicyclic) bond motifs is 1. The summed E-state index contributed by atoms with van der Waals surface area (Å²) < 4.78 is 0. The van der Waals surface area contributed by atoms with Crippen LogP contribution in [0.5, 0.6) is 0 Å². The SMILES string of the molecule is CC1(C)CC(NC(=O)C2CCCN2)c2ccccc21. The number of rotatable bonds is 2. The van der Waals surface area contributed by atoms with Crippen LogP contribution in [0.4, 0.5) is 0 Å². The van der Waals surface area contributed by atoms with E-state index in [0.717, 1.165) is 25.8 Å². The highest BCUT2D eigenvalue weighted by Crippen LogP contribution is 2.44. The Morgan fingerprint density at radius 1 is 1.37 bits per heavy atom. The van der Waals surface area contributed by atoms with E-state index < -0.39 is 0 Å². The molecule has 0 spiro atoms. The molecule has 0 saturated carbocycles. The van der Waals surface area contributed by atoms with Crippen molar-refractivity contribution in [2.75, 3.05) is 6.54 Å². The summed E-state index contributed by atoms with van der Waals surface area (Å²) in [6, 6.07) is 8.67. The molecule has 1 saturated heterocycles. The van der Waals surface area contributed by atoms with E-state index in [1.165, 1.54) is 11.1 Å². The molecule has 1 aliphatic heterocycles. The maximum Gasteiger partial charge on any atom is 0.237 e. The fourth-order valence-electron chi connectivity index (χ4n) is 3.46. The Labute approximate surface area is 114 Å². The second-order valence-corrected chi connectivity index (χ2v) is 6.39. The van der Waals surface area contributed by atoms with E-state index in [4.69, 9.17) is 0 Å². The fourth-order valence-corrected chi connectivity index (χ4v) is 3.46. The van der Waals surface area contributed by atoms with Gasteiger partial charge < -0.3 is 10.6 Å². The van der Waals surface area contributed by atoms with Crippen molar-refractivity contribution in [2.45, 2.75) is 50.6 Å². The lowest BCUT2D eigenvalue weighted by atomic mass is 9.86. The van der Waals surface area contributed by atoms with Gasteiger partial charge in [-0.05, 0) is 42.3 Å². The van der Waals surface area contributed by atoms with Crippen LogP contribution in [0, 0.1) is 0 Å². The third kappa shape index (κ3) is 2.27. The van der Waals surface area contributed by atoms with Gasteiger partial charge in [-0.25, -0.2) is 0 Å².